The van der Waals surface area contributed by atoms with Gasteiger partial charge >= 0.3 is 0 Å². The molecule has 0 spiro atoms. The van der Waals surface area contributed by atoms with E-state index in [1.54, 1.807) is 6.07 Å². The number of nitrogens with zero attached hydrogens (tertiary/aromatic N) is 2. The van der Waals surface area contributed by atoms with Crippen LogP contribution in [-0.4, -0.2) is 38.0 Å². The third-order valence-corrected chi connectivity index (χ3v) is 5.95. The van der Waals surface area contributed by atoms with Gasteiger partial charge in [0, 0.05) is 24.7 Å². The fraction of sp³-hybridized carbons (Fsp3) is 0.480. The van der Waals surface area contributed by atoms with Gasteiger partial charge in [-0.15, -0.1) is 0 Å². The van der Waals surface area contributed by atoms with Crippen molar-refractivity contribution in [3.8, 4) is 0 Å². The van der Waals surface area contributed by atoms with E-state index in [1.807, 2.05) is 24.0 Å². The van der Waals surface area contributed by atoms with E-state index in [-0.39, 0.29) is 23.6 Å². The third-order valence-electron chi connectivity index (χ3n) is 5.95. The molecular formula is C25H33FN2O. The summed E-state index contributed by atoms with van der Waals surface area (Å²) in [6, 6.07) is 11.4. The summed E-state index contributed by atoms with van der Waals surface area (Å²) in [7, 11) is 4.16. The Hall–Kier alpha value is -2.20. The van der Waals surface area contributed by atoms with Crippen LogP contribution in [0.2, 0.25) is 0 Å². The lowest BCUT2D eigenvalue weighted by Crippen LogP contribution is -2.46. The first-order valence-corrected chi connectivity index (χ1v) is 10.6. The average Bonchev–Trinajstić information content (AvgIpc) is 2.65. The molecule has 0 saturated carbocycles. The van der Waals surface area contributed by atoms with Crippen LogP contribution in [-0.2, 0) is 17.6 Å². The monoisotopic (exact) mass is 396 g/mol. The Morgan fingerprint density at radius 1 is 1.14 bits per heavy atom. The quantitative estimate of drug-likeness (QED) is 0.702. The zero-order valence-corrected chi connectivity index (χ0v) is 18.3. The number of anilines is 1. The van der Waals surface area contributed by atoms with Crippen LogP contribution in [0.5, 0.6) is 0 Å². The molecule has 3 rings (SSSR count). The highest BCUT2D eigenvalue weighted by molar-refractivity contribution is 5.97. The topological polar surface area (TPSA) is 23.6 Å². The number of likely N-dealkylation sites (N-methyl/N-ethyl adjacent to an activating group) is 1. The van der Waals surface area contributed by atoms with Crippen molar-refractivity contribution < 1.29 is 9.18 Å². The minimum absolute atomic E-state index is 0.0484. The molecule has 1 heterocycles. The van der Waals surface area contributed by atoms with Crippen LogP contribution in [0.25, 0.3) is 0 Å². The summed E-state index contributed by atoms with van der Waals surface area (Å²) in [6.45, 7) is 7.84. The Kier molecular flexibility index (Phi) is 6.74. The summed E-state index contributed by atoms with van der Waals surface area (Å²) in [5.41, 5.74) is 5.37. The number of benzene rings is 2. The minimum Gasteiger partial charge on any atom is -0.311 e. The van der Waals surface area contributed by atoms with Crippen molar-refractivity contribution in [2.45, 2.75) is 40.0 Å². The first-order chi connectivity index (χ1) is 13.8. The van der Waals surface area contributed by atoms with E-state index < -0.39 is 0 Å². The van der Waals surface area contributed by atoms with Gasteiger partial charge in [0.25, 0.3) is 0 Å². The summed E-state index contributed by atoms with van der Waals surface area (Å²) >= 11 is 0. The van der Waals surface area contributed by atoms with Crippen LogP contribution in [0, 0.1) is 31.5 Å². The lowest BCUT2D eigenvalue weighted by molar-refractivity contribution is -0.124. The summed E-state index contributed by atoms with van der Waals surface area (Å²) in [6.07, 6.45) is 2.47. The van der Waals surface area contributed by atoms with Crippen molar-refractivity contribution in [2.75, 3.05) is 32.1 Å². The second kappa shape index (κ2) is 9.08. The van der Waals surface area contributed by atoms with Crippen LogP contribution in [0.1, 0.15) is 35.6 Å². The van der Waals surface area contributed by atoms with Crippen molar-refractivity contribution in [3.63, 3.8) is 0 Å². The molecule has 0 radical (unpaired) electrons. The Morgan fingerprint density at radius 3 is 2.41 bits per heavy atom. The highest BCUT2D eigenvalue weighted by Gasteiger charge is 2.34. The molecule has 29 heavy (non-hydrogen) atoms. The second-order valence-corrected chi connectivity index (χ2v) is 8.88. The molecule has 1 aliphatic heterocycles. The zero-order chi connectivity index (χ0) is 21.1. The van der Waals surface area contributed by atoms with Gasteiger partial charge in [0.2, 0.25) is 5.91 Å². The molecule has 0 N–H and O–H groups in total. The number of rotatable bonds is 6. The maximum atomic E-state index is 14.2. The fourth-order valence-corrected chi connectivity index (χ4v) is 4.58. The van der Waals surface area contributed by atoms with Gasteiger partial charge in [-0.1, -0.05) is 37.3 Å². The molecule has 2 aromatic carbocycles. The van der Waals surface area contributed by atoms with Gasteiger partial charge < -0.3 is 9.80 Å². The van der Waals surface area contributed by atoms with E-state index >= 15 is 0 Å². The summed E-state index contributed by atoms with van der Waals surface area (Å²) in [5, 5.41) is 0. The van der Waals surface area contributed by atoms with Crippen LogP contribution < -0.4 is 4.90 Å². The van der Waals surface area contributed by atoms with Gasteiger partial charge in [-0.3, -0.25) is 4.79 Å². The lowest BCUT2D eigenvalue weighted by atomic mass is 9.84. The Balaban J connectivity index is 1.84. The van der Waals surface area contributed by atoms with Crippen LogP contribution >= 0.6 is 0 Å². The standard InChI is InChI=1S/C25H33FN2O/c1-17-12-20(10-11-27(4)5)13-18(2)24(17)28-16-21(14-19(3)25(28)29)15-22-8-6-7-9-23(22)26/h6-9,12-13,19,21H,10-11,14-16H2,1-5H3/t19-,21-/m1/s1. The summed E-state index contributed by atoms with van der Waals surface area (Å²) < 4.78 is 14.2. The van der Waals surface area contributed by atoms with Crippen molar-refractivity contribution >= 4 is 11.6 Å². The number of aryl methyl sites for hydroxylation is 2. The van der Waals surface area contributed by atoms with Crippen LogP contribution in [0.15, 0.2) is 36.4 Å². The van der Waals surface area contributed by atoms with Crippen molar-refractivity contribution in [1.29, 1.82) is 0 Å². The van der Waals surface area contributed by atoms with Crippen LogP contribution in [0.3, 0.4) is 0 Å². The van der Waals surface area contributed by atoms with Gasteiger partial charge in [-0.2, -0.15) is 0 Å². The Labute approximate surface area is 174 Å². The molecule has 0 unspecified atom stereocenters. The molecule has 1 saturated heterocycles. The fourth-order valence-electron chi connectivity index (χ4n) is 4.58. The number of carbonyl (C=O) groups is 1. The molecule has 4 heteroatoms. The summed E-state index contributed by atoms with van der Waals surface area (Å²) in [5.74, 6) is 0.239. The smallest absolute Gasteiger partial charge is 0.229 e. The number of piperidine rings is 1. The lowest BCUT2D eigenvalue weighted by Gasteiger charge is -2.38. The number of carbonyl (C=O) groups excluding carboxylic acids is 1. The summed E-state index contributed by atoms with van der Waals surface area (Å²) in [4.78, 5) is 17.2. The molecular weight excluding hydrogens is 363 g/mol. The van der Waals surface area contributed by atoms with Crippen molar-refractivity contribution in [2.24, 2.45) is 11.8 Å². The molecule has 1 fully saturated rings. The van der Waals surface area contributed by atoms with E-state index in [9.17, 15) is 9.18 Å². The van der Waals surface area contributed by atoms with Gasteiger partial charge in [0.15, 0.2) is 0 Å². The predicted octanol–water partition coefficient (Wildman–Crippen LogP) is 4.78. The maximum absolute atomic E-state index is 14.2. The largest absolute Gasteiger partial charge is 0.311 e. The SMILES string of the molecule is Cc1cc(CCN(C)C)cc(C)c1N1C[C@@H](Cc2ccccc2F)C[C@@H](C)C1=O. The second-order valence-electron chi connectivity index (χ2n) is 8.88. The van der Waals surface area contributed by atoms with E-state index in [2.05, 4.69) is 45.0 Å². The Morgan fingerprint density at radius 2 is 1.79 bits per heavy atom. The molecule has 3 nitrogen and oxygen atoms in total. The highest BCUT2D eigenvalue weighted by atomic mass is 19.1. The van der Waals surface area contributed by atoms with Gasteiger partial charge in [0.05, 0.1) is 0 Å². The number of amides is 1. The molecule has 1 amide bonds. The molecule has 0 bridgehead atoms. The Bertz CT molecular complexity index is 854. The predicted molar refractivity (Wildman–Crippen MR) is 118 cm³/mol. The van der Waals surface area contributed by atoms with Crippen molar-refractivity contribution in [3.05, 3.63) is 64.5 Å². The third kappa shape index (κ3) is 5.05. The molecule has 2 aromatic rings. The minimum atomic E-state index is -0.152. The molecule has 0 aliphatic carbocycles. The average molecular weight is 397 g/mol. The number of hydrogen-bond acceptors (Lipinski definition) is 2. The molecule has 1 aliphatic rings. The molecule has 156 valence electrons. The highest BCUT2D eigenvalue weighted by Crippen LogP contribution is 2.34. The van der Waals surface area contributed by atoms with E-state index in [4.69, 9.17) is 0 Å². The maximum Gasteiger partial charge on any atom is 0.229 e. The van der Waals surface area contributed by atoms with Crippen LogP contribution in [0.4, 0.5) is 10.1 Å². The van der Waals surface area contributed by atoms with Gasteiger partial charge in [-0.05, 0) is 81.4 Å². The first kappa shape index (κ1) is 21.5. The van der Waals surface area contributed by atoms with E-state index in [1.165, 1.54) is 11.6 Å². The van der Waals surface area contributed by atoms with E-state index in [0.29, 0.717) is 13.0 Å². The zero-order valence-electron chi connectivity index (χ0n) is 18.3. The first-order valence-electron chi connectivity index (χ1n) is 10.6. The van der Waals surface area contributed by atoms with Crippen molar-refractivity contribution in [1.82, 2.24) is 4.90 Å². The normalized spacial score (nSPS) is 19.8. The molecule has 0 aromatic heterocycles. The number of hydrogen-bond donors (Lipinski definition) is 0. The molecule has 2 atom stereocenters. The van der Waals surface area contributed by atoms with E-state index in [0.717, 1.165) is 41.8 Å². The van der Waals surface area contributed by atoms with Gasteiger partial charge in [-0.25, -0.2) is 4.39 Å². The number of halogens is 1. The van der Waals surface area contributed by atoms with Gasteiger partial charge in [0.1, 0.15) is 5.82 Å².